The predicted octanol–water partition coefficient (Wildman–Crippen LogP) is 2.49. The van der Waals surface area contributed by atoms with Crippen molar-refractivity contribution in [1.82, 2.24) is 19.3 Å². The van der Waals surface area contributed by atoms with E-state index in [9.17, 15) is 9.59 Å². The molecule has 26 heavy (non-hydrogen) atoms. The van der Waals surface area contributed by atoms with Crippen LogP contribution in [0.4, 0.5) is 0 Å². The molecule has 0 bridgehead atoms. The van der Waals surface area contributed by atoms with E-state index in [0.717, 1.165) is 31.5 Å². The van der Waals surface area contributed by atoms with Gasteiger partial charge < -0.3 is 0 Å². The molecule has 0 radical (unpaired) electrons. The van der Waals surface area contributed by atoms with Gasteiger partial charge in [0.05, 0.1) is 5.39 Å². The first-order valence-electron chi connectivity index (χ1n) is 8.25. The minimum atomic E-state index is -0.416. The van der Waals surface area contributed by atoms with Gasteiger partial charge in [0, 0.05) is 24.9 Å². The van der Waals surface area contributed by atoms with E-state index in [2.05, 4.69) is 10.2 Å². The molecule has 6 heteroatoms. The van der Waals surface area contributed by atoms with Gasteiger partial charge in [0.1, 0.15) is 5.52 Å². The minimum Gasteiger partial charge on any atom is -0.279 e. The van der Waals surface area contributed by atoms with E-state index in [1.807, 2.05) is 48.5 Å². The Morgan fingerprint density at radius 2 is 1.27 bits per heavy atom. The Hall–Kier alpha value is -3.54. The molecule has 0 saturated carbocycles. The van der Waals surface area contributed by atoms with Crippen molar-refractivity contribution in [1.29, 1.82) is 0 Å². The second-order valence-electron chi connectivity index (χ2n) is 6.42. The molecule has 6 nitrogen and oxygen atoms in total. The van der Waals surface area contributed by atoms with Gasteiger partial charge >= 0.3 is 5.69 Å². The Morgan fingerprint density at radius 1 is 0.692 bits per heavy atom. The fraction of sp³-hybridized carbons (Fsp3) is 0.100. The average molecular weight is 342 g/mol. The van der Waals surface area contributed by atoms with Gasteiger partial charge in [-0.2, -0.15) is 0 Å². The molecule has 2 aromatic heterocycles. The highest BCUT2D eigenvalue weighted by molar-refractivity contribution is 6.29. The van der Waals surface area contributed by atoms with E-state index in [1.54, 1.807) is 7.05 Å². The third kappa shape index (κ3) is 1.70. The van der Waals surface area contributed by atoms with Gasteiger partial charge in [0.25, 0.3) is 5.56 Å². The summed E-state index contributed by atoms with van der Waals surface area (Å²) >= 11 is 0. The van der Waals surface area contributed by atoms with Crippen molar-refractivity contribution in [2.24, 2.45) is 14.1 Å². The van der Waals surface area contributed by atoms with Crippen LogP contribution in [-0.4, -0.2) is 19.3 Å². The van der Waals surface area contributed by atoms with Crippen molar-refractivity contribution in [2.75, 3.05) is 0 Å². The SMILES string of the molecule is Cn1c(=O)c2c3c4ccccc4c4ccccc4c3nnc2n(C)c1=O. The van der Waals surface area contributed by atoms with Crippen molar-refractivity contribution in [2.45, 2.75) is 0 Å². The van der Waals surface area contributed by atoms with Crippen molar-refractivity contribution in [3.63, 3.8) is 0 Å². The molecule has 0 fully saturated rings. The largest absolute Gasteiger partial charge is 0.332 e. The molecule has 2 heterocycles. The van der Waals surface area contributed by atoms with Crippen molar-refractivity contribution in [3.05, 3.63) is 69.4 Å². The van der Waals surface area contributed by atoms with E-state index in [1.165, 1.54) is 11.6 Å². The summed E-state index contributed by atoms with van der Waals surface area (Å²) in [4.78, 5) is 25.3. The van der Waals surface area contributed by atoms with E-state index in [0.29, 0.717) is 16.6 Å². The molecule has 0 spiro atoms. The van der Waals surface area contributed by atoms with Crippen LogP contribution in [0.3, 0.4) is 0 Å². The van der Waals surface area contributed by atoms with Gasteiger partial charge in [-0.25, -0.2) is 4.79 Å². The summed E-state index contributed by atoms with van der Waals surface area (Å²) < 4.78 is 2.49. The van der Waals surface area contributed by atoms with Crippen LogP contribution in [0.25, 0.3) is 43.5 Å². The number of aromatic nitrogens is 4. The molecular formula is C20H14N4O2. The lowest BCUT2D eigenvalue weighted by Gasteiger charge is -2.12. The van der Waals surface area contributed by atoms with Gasteiger partial charge in [0.2, 0.25) is 0 Å². The highest BCUT2D eigenvalue weighted by Crippen LogP contribution is 2.35. The fourth-order valence-corrected chi connectivity index (χ4v) is 3.75. The van der Waals surface area contributed by atoms with Gasteiger partial charge in [-0.15, -0.1) is 10.2 Å². The molecule has 0 N–H and O–H groups in total. The zero-order valence-corrected chi connectivity index (χ0v) is 14.2. The van der Waals surface area contributed by atoms with Crippen LogP contribution < -0.4 is 11.2 Å². The Kier molecular flexibility index (Phi) is 2.83. The molecule has 0 aliphatic heterocycles. The fourth-order valence-electron chi connectivity index (χ4n) is 3.75. The monoisotopic (exact) mass is 342 g/mol. The Labute approximate surface area is 146 Å². The highest BCUT2D eigenvalue weighted by atomic mass is 16.2. The number of nitrogens with zero attached hydrogens (tertiary/aromatic N) is 4. The first-order chi connectivity index (χ1) is 12.6. The molecule has 0 aliphatic carbocycles. The first-order valence-corrected chi connectivity index (χ1v) is 8.25. The number of fused-ring (bicyclic) bond motifs is 8. The normalized spacial score (nSPS) is 11.8. The van der Waals surface area contributed by atoms with E-state index in [-0.39, 0.29) is 5.56 Å². The van der Waals surface area contributed by atoms with Crippen molar-refractivity contribution < 1.29 is 0 Å². The Balaban J connectivity index is 2.27. The van der Waals surface area contributed by atoms with Crippen LogP contribution in [0.15, 0.2) is 58.1 Å². The Bertz CT molecular complexity index is 1460. The number of hydrogen-bond donors (Lipinski definition) is 0. The van der Waals surface area contributed by atoms with Crippen LogP contribution in [-0.2, 0) is 14.1 Å². The molecular weight excluding hydrogens is 328 g/mol. The summed E-state index contributed by atoms with van der Waals surface area (Å²) in [7, 11) is 3.09. The molecule has 3 aromatic carbocycles. The van der Waals surface area contributed by atoms with E-state index in [4.69, 9.17) is 0 Å². The lowest BCUT2D eigenvalue weighted by atomic mass is 9.96. The molecule has 0 atom stereocenters. The summed E-state index contributed by atoms with van der Waals surface area (Å²) in [6.07, 6.45) is 0. The van der Waals surface area contributed by atoms with Gasteiger partial charge in [-0.3, -0.25) is 13.9 Å². The van der Waals surface area contributed by atoms with Crippen molar-refractivity contribution in [3.8, 4) is 0 Å². The first kappa shape index (κ1) is 14.8. The smallest absolute Gasteiger partial charge is 0.279 e. The third-order valence-electron chi connectivity index (χ3n) is 5.03. The maximum Gasteiger partial charge on any atom is 0.332 e. The molecule has 5 rings (SSSR count). The zero-order chi connectivity index (χ0) is 18.0. The summed E-state index contributed by atoms with van der Waals surface area (Å²) in [5.41, 5.74) is 0.193. The maximum atomic E-state index is 13.0. The molecule has 5 aromatic rings. The number of hydrogen-bond acceptors (Lipinski definition) is 4. The second-order valence-corrected chi connectivity index (χ2v) is 6.42. The molecule has 0 unspecified atom stereocenters. The summed E-state index contributed by atoms with van der Waals surface area (Å²) in [5, 5.41) is 13.8. The van der Waals surface area contributed by atoms with Crippen molar-refractivity contribution >= 4 is 43.5 Å². The van der Waals surface area contributed by atoms with Gasteiger partial charge in [-0.1, -0.05) is 48.5 Å². The zero-order valence-electron chi connectivity index (χ0n) is 14.2. The van der Waals surface area contributed by atoms with E-state index < -0.39 is 5.69 Å². The summed E-state index contributed by atoms with van der Waals surface area (Å²) in [6, 6.07) is 15.9. The maximum absolute atomic E-state index is 13.0. The molecule has 0 aliphatic rings. The number of aryl methyl sites for hydroxylation is 1. The highest BCUT2D eigenvalue weighted by Gasteiger charge is 2.18. The molecule has 126 valence electrons. The number of benzene rings is 3. The van der Waals surface area contributed by atoms with Crippen LogP contribution >= 0.6 is 0 Å². The number of rotatable bonds is 0. The summed E-state index contributed by atoms with van der Waals surface area (Å²) in [5.74, 6) is 0. The average Bonchev–Trinajstić information content (AvgIpc) is 2.70. The second kappa shape index (κ2) is 4.98. The quantitative estimate of drug-likeness (QED) is 0.405. The van der Waals surface area contributed by atoms with Gasteiger partial charge in [0.15, 0.2) is 5.65 Å². The predicted molar refractivity (Wildman–Crippen MR) is 103 cm³/mol. The van der Waals surface area contributed by atoms with Gasteiger partial charge in [-0.05, 0) is 16.2 Å². The lowest BCUT2D eigenvalue weighted by Crippen LogP contribution is -2.37. The van der Waals surface area contributed by atoms with Crippen LogP contribution in [0.1, 0.15) is 0 Å². The van der Waals surface area contributed by atoms with Crippen LogP contribution in [0.2, 0.25) is 0 Å². The third-order valence-corrected chi connectivity index (χ3v) is 5.03. The lowest BCUT2D eigenvalue weighted by molar-refractivity contribution is 0.705. The van der Waals surface area contributed by atoms with Crippen LogP contribution in [0.5, 0.6) is 0 Å². The standard InChI is InChI=1S/C20H14N4O2/c1-23-18-16(19(25)24(2)20(23)26)15-13-9-5-3-7-11(13)12-8-4-6-10-14(12)17(15)21-22-18/h3-10H,1-2H3. The molecule has 0 amide bonds. The summed E-state index contributed by atoms with van der Waals surface area (Å²) in [6.45, 7) is 0. The van der Waals surface area contributed by atoms with Crippen LogP contribution in [0, 0.1) is 0 Å². The molecule has 0 saturated heterocycles. The minimum absolute atomic E-state index is 0.297. The van der Waals surface area contributed by atoms with E-state index >= 15 is 0 Å². The topological polar surface area (TPSA) is 69.8 Å². The Morgan fingerprint density at radius 3 is 1.96 bits per heavy atom.